The summed E-state index contributed by atoms with van der Waals surface area (Å²) in [6, 6.07) is 7.29. The minimum atomic E-state index is -2.51. The number of hydrogen-bond acceptors (Lipinski definition) is 2. The largest absolute Gasteiger partial charge is 0.481 e. The van der Waals surface area contributed by atoms with E-state index in [9.17, 15) is 13.6 Å². The maximum absolute atomic E-state index is 13.0. The van der Waals surface area contributed by atoms with Gasteiger partial charge in [0.05, 0.1) is 6.42 Å². The molecule has 1 aliphatic rings. The van der Waals surface area contributed by atoms with Gasteiger partial charge in [-0.3, -0.25) is 9.69 Å². The van der Waals surface area contributed by atoms with Crippen LogP contribution in [0, 0.1) is 0 Å². The Bertz CT molecular complexity index is 435. The van der Waals surface area contributed by atoms with Gasteiger partial charge in [-0.25, -0.2) is 8.78 Å². The van der Waals surface area contributed by atoms with E-state index < -0.39 is 11.9 Å². The minimum absolute atomic E-state index is 0.0101. The summed E-state index contributed by atoms with van der Waals surface area (Å²) >= 11 is 0. The zero-order valence-electron chi connectivity index (χ0n) is 10.6. The number of aliphatic carboxylic acids is 1. The van der Waals surface area contributed by atoms with Crippen molar-refractivity contribution in [2.45, 2.75) is 31.7 Å². The number of hydrogen-bond donors (Lipinski definition) is 1. The lowest BCUT2D eigenvalue weighted by atomic mass is 10.0. The topological polar surface area (TPSA) is 40.5 Å². The molecule has 1 aliphatic heterocycles. The number of nitrogens with zero attached hydrogens (tertiary/aromatic N) is 1. The molecule has 0 aromatic heterocycles. The average molecular weight is 269 g/mol. The highest BCUT2D eigenvalue weighted by atomic mass is 19.3. The van der Waals surface area contributed by atoms with Gasteiger partial charge in [0.25, 0.3) is 5.92 Å². The number of halogens is 2. The van der Waals surface area contributed by atoms with E-state index in [4.69, 9.17) is 5.11 Å². The van der Waals surface area contributed by atoms with Crippen LogP contribution >= 0.6 is 0 Å². The molecule has 1 saturated heterocycles. The van der Waals surface area contributed by atoms with E-state index in [2.05, 4.69) is 0 Å². The first-order valence-corrected chi connectivity index (χ1v) is 6.34. The van der Waals surface area contributed by atoms with Gasteiger partial charge in [-0.05, 0) is 11.1 Å². The van der Waals surface area contributed by atoms with Crippen LogP contribution in [-0.2, 0) is 17.8 Å². The van der Waals surface area contributed by atoms with Crippen molar-refractivity contribution in [2.75, 3.05) is 13.1 Å². The number of benzene rings is 1. The molecule has 0 saturated carbocycles. The molecule has 1 aromatic rings. The number of piperidine rings is 1. The second-order valence-corrected chi connectivity index (χ2v) is 5.02. The fourth-order valence-electron chi connectivity index (χ4n) is 2.23. The van der Waals surface area contributed by atoms with Gasteiger partial charge in [0, 0.05) is 32.5 Å². The molecule has 1 aromatic carbocycles. The molecule has 0 radical (unpaired) electrons. The van der Waals surface area contributed by atoms with Crippen LogP contribution < -0.4 is 0 Å². The van der Waals surface area contributed by atoms with Crippen molar-refractivity contribution >= 4 is 5.97 Å². The van der Waals surface area contributed by atoms with E-state index in [1.165, 1.54) is 0 Å². The van der Waals surface area contributed by atoms with Gasteiger partial charge < -0.3 is 5.11 Å². The fraction of sp³-hybridized carbons (Fsp3) is 0.500. The molecule has 3 nitrogen and oxygen atoms in total. The molecular formula is C14H17F2NO2. The van der Waals surface area contributed by atoms with Crippen molar-refractivity contribution in [3.05, 3.63) is 35.4 Å². The number of carboxylic acids is 1. The van der Waals surface area contributed by atoms with Gasteiger partial charge in [0.2, 0.25) is 0 Å². The first-order valence-electron chi connectivity index (χ1n) is 6.34. The van der Waals surface area contributed by atoms with Crippen molar-refractivity contribution < 1.29 is 18.7 Å². The summed E-state index contributed by atoms with van der Waals surface area (Å²) in [5.74, 6) is -3.37. The summed E-state index contributed by atoms with van der Waals surface area (Å²) in [5.41, 5.74) is 1.78. The monoisotopic (exact) mass is 269 g/mol. The first kappa shape index (κ1) is 13.9. The number of rotatable bonds is 4. The predicted molar refractivity (Wildman–Crippen MR) is 67.2 cm³/mol. The Balaban J connectivity index is 1.88. The zero-order valence-corrected chi connectivity index (χ0v) is 10.6. The number of alkyl halides is 2. The summed E-state index contributed by atoms with van der Waals surface area (Å²) < 4.78 is 26.0. The van der Waals surface area contributed by atoms with Crippen LogP contribution in [0.15, 0.2) is 24.3 Å². The Kier molecular flexibility index (Phi) is 4.14. The third-order valence-corrected chi connectivity index (χ3v) is 3.37. The lowest BCUT2D eigenvalue weighted by Crippen LogP contribution is -2.38. The molecule has 1 fully saturated rings. The van der Waals surface area contributed by atoms with Crippen LogP contribution in [0.4, 0.5) is 8.78 Å². The smallest absolute Gasteiger partial charge is 0.307 e. The van der Waals surface area contributed by atoms with E-state index in [-0.39, 0.29) is 19.3 Å². The molecule has 0 spiro atoms. The summed E-state index contributed by atoms with van der Waals surface area (Å²) in [6.07, 6.45) is -0.148. The molecule has 0 amide bonds. The summed E-state index contributed by atoms with van der Waals surface area (Å²) in [6.45, 7) is 1.46. The Hall–Kier alpha value is -1.49. The van der Waals surface area contributed by atoms with Gasteiger partial charge in [-0.1, -0.05) is 24.3 Å². The molecule has 1 N–H and O–H groups in total. The van der Waals surface area contributed by atoms with Gasteiger partial charge in [0.1, 0.15) is 0 Å². The SMILES string of the molecule is O=C(O)Cc1ccc(CN2CCC(F)(F)CC2)cc1. The van der Waals surface area contributed by atoms with Crippen LogP contribution in [0.25, 0.3) is 0 Å². The van der Waals surface area contributed by atoms with Gasteiger partial charge >= 0.3 is 5.97 Å². The first-order chi connectivity index (χ1) is 8.94. The average Bonchev–Trinajstić information content (AvgIpc) is 2.34. The van der Waals surface area contributed by atoms with E-state index in [0.717, 1.165) is 11.1 Å². The molecule has 2 rings (SSSR count). The molecular weight excluding hydrogens is 252 g/mol. The fourth-order valence-corrected chi connectivity index (χ4v) is 2.23. The third-order valence-electron chi connectivity index (χ3n) is 3.37. The Morgan fingerprint density at radius 2 is 1.68 bits per heavy atom. The Morgan fingerprint density at radius 3 is 2.21 bits per heavy atom. The van der Waals surface area contributed by atoms with Crippen molar-refractivity contribution in [1.29, 1.82) is 0 Å². The summed E-state index contributed by atoms with van der Waals surface area (Å²) in [4.78, 5) is 12.6. The highest BCUT2D eigenvalue weighted by Crippen LogP contribution is 2.28. The second kappa shape index (κ2) is 5.65. The molecule has 0 aliphatic carbocycles. The van der Waals surface area contributed by atoms with Gasteiger partial charge in [-0.15, -0.1) is 0 Å². The van der Waals surface area contributed by atoms with Crippen LogP contribution in [0.2, 0.25) is 0 Å². The van der Waals surface area contributed by atoms with E-state index in [0.29, 0.717) is 19.6 Å². The zero-order chi connectivity index (χ0) is 13.9. The highest BCUT2D eigenvalue weighted by Gasteiger charge is 2.33. The van der Waals surface area contributed by atoms with Crippen molar-refractivity contribution in [1.82, 2.24) is 4.90 Å². The van der Waals surface area contributed by atoms with Crippen molar-refractivity contribution in [3.63, 3.8) is 0 Å². The quantitative estimate of drug-likeness (QED) is 0.913. The number of carboxylic acid groups (broad SMARTS) is 1. The van der Waals surface area contributed by atoms with Gasteiger partial charge in [-0.2, -0.15) is 0 Å². The normalized spacial score (nSPS) is 19.3. The molecule has 5 heteroatoms. The van der Waals surface area contributed by atoms with Gasteiger partial charge in [0.15, 0.2) is 0 Å². The standard InChI is InChI=1S/C14H17F2NO2/c15-14(16)5-7-17(8-6-14)10-12-3-1-11(2-4-12)9-13(18)19/h1-4H,5-10H2,(H,18,19). The molecule has 0 bridgehead atoms. The summed E-state index contributed by atoms with van der Waals surface area (Å²) in [5, 5.41) is 8.67. The molecule has 0 unspecified atom stereocenters. The second-order valence-electron chi connectivity index (χ2n) is 5.02. The Morgan fingerprint density at radius 1 is 1.16 bits per heavy atom. The third kappa shape index (κ3) is 4.28. The van der Waals surface area contributed by atoms with E-state index in [1.807, 2.05) is 17.0 Å². The Labute approximate surface area is 110 Å². The number of likely N-dealkylation sites (tertiary alicyclic amines) is 1. The van der Waals surface area contributed by atoms with E-state index in [1.54, 1.807) is 12.1 Å². The maximum atomic E-state index is 13.0. The molecule has 1 heterocycles. The summed E-state index contributed by atoms with van der Waals surface area (Å²) in [7, 11) is 0. The molecule has 104 valence electrons. The molecule has 19 heavy (non-hydrogen) atoms. The van der Waals surface area contributed by atoms with Crippen LogP contribution in [0.1, 0.15) is 24.0 Å². The van der Waals surface area contributed by atoms with Crippen molar-refractivity contribution in [3.8, 4) is 0 Å². The molecule has 0 atom stereocenters. The van der Waals surface area contributed by atoms with E-state index >= 15 is 0 Å². The predicted octanol–water partition coefficient (Wildman–Crippen LogP) is 2.54. The van der Waals surface area contributed by atoms with Crippen molar-refractivity contribution in [2.24, 2.45) is 0 Å². The maximum Gasteiger partial charge on any atom is 0.307 e. The van der Waals surface area contributed by atoms with Crippen LogP contribution in [-0.4, -0.2) is 35.0 Å². The minimum Gasteiger partial charge on any atom is -0.481 e. The number of carbonyl (C=O) groups is 1. The van der Waals surface area contributed by atoms with Crippen LogP contribution in [0.3, 0.4) is 0 Å². The lowest BCUT2D eigenvalue weighted by Gasteiger charge is -2.31. The van der Waals surface area contributed by atoms with Crippen LogP contribution in [0.5, 0.6) is 0 Å². The highest BCUT2D eigenvalue weighted by molar-refractivity contribution is 5.70. The lowest BCUT2D eigenvalue weighted by molar-refractivity contribution is -0.136.